The first-order chi connectivity index (χ1) is 16.9. The minimum Gasteiger partial charge on any atom is -0.366 e. The van der Waals surface area contributed by atoms with Gasteiger partial charge in [0.15, 0.2) is 0 Å². The lowest BCUT2D eigenvalue weighted by Gasteiger charge is -2.36. The van der Waals surface area contributed by atoms with Gasteiger partial charge in [-0.25, -0.2) is 9.07 Å². The Hall–Kier alpha value is -3.06. The number of hydrogen-bond donors (Lipinski definition) is 0. The number of nitrogens with zero attached hydrogens (tertiary/aromatic N) is 4. The van der Waals surface area contributed by atoms with Crippen LogP contribution < -0.4 is 4.90 Å². The van der Waals surface area contributed by atoms with Crippen LogP contribution in [0, 0.1) is 5.82 Å². The van der Waals surface area contributed by atoms with Crippen molar-refractivity contribution in [2.75, 3.05) is 31.1 Å². The first-order valence-electron chi connectivity index (χ1n) is 11.0. The molecule has 2 heterocycles. The smallest absolute Gasteiger partial charge is 0.272 e. The minimum atomic E-state index is -0.269. The zero-order valence-electron chi connectivity index (χ0n) is 18.5. The molecular formula is C26H20Cl3FN4O. The number of rotatable bonds is 4. The topological polar surface area (TPSA) is 41.4 Å². The third-order valence-corrected chi connectivity index (χ3v) is 7.05. The SMILES string of the molecule is O=C(c1cc(-c2ccccc2Cl)nn1-c1ccc(Cl)c(Cl)c1)N1CCN(c2ccccc2F)CC1. The Labute approximate surface area is 217 Å². The third-order valence-electron chi connectivity index (χ3n) is 5.99. The number of aromatic nitrogens is 2. The summed E-state index contributed by atoms with van der Waals surface area (Å²) in [6.07, 6.45) is 0. The van der Waals surface area contributed by atoms with Crippen LogP contribution in [0.2, 0.25) is 15.1 Å². The Balaban J connectivity index is 1.47. The highest BCUT2D eigenvalue weighted by molar-refractivity contribution is 6.42. The van der Waals surface area contributed by atoms with Crippen molar-refractivity contribution in [1.29, 1.82) is 0 Å². The quantitative estimate of drug-likeness (QED) is 0.299. The Morgan fingerprint density at radius 1 is 0.800 bits per heavy atom. The number of piperazine rings is 1. The van der Waals surface area contributed by atoms with E-state index in [9.17, 15) is 9.18 Å². The first-order valence-corrected chi connectivity index (χ1v) is 12.1. The summed E-state index contributed by atoms with van der Waals surface area (Å²) in [5.74, 6) is -0.454. The highest BCUT2D eigenvalue weighted by atomic mass is 35.5. The molecule has 4 aromatic rings. The molecule has 0 aliphatic carbocycles. The molecule has 0 radical (unpaired) electrons. The van der Waals surface area contributed by atoms with Gasteiger partial charge in [-0.05, 0) is 42.5 Å². The van der Waals surface area contributed by atoms with Crippen LogP contribution in [0.1, 0.15) is 10.5 Å². The van der Waals surface area contributed by atoms with E-state index in [4.69, 9.17) is 39.9 Å². The number of benzene rings is 3. The molecule has 1 aromatic heterocycles. The molecule has 0 N–H and O–H groups in total. The zero-order valence-corrected chi connectivity index (χ0v) is 20.7. The maximum Gasteiger partial charge on any atom is 0.272 e. The summed E-state index contributed by atoms with van der Waals surface area (Å²) in [5, 5.41) is 5.99. The van der Waals surface area contributed by atoms with Crippen molar-refractivity contribution in [2.45, 2.75) is 0 Å². The van der Waals surface area contributed by atoms with Crippen LogP contribution in [0.5, 0.6) is 0 Å². The molecule has 5 nitrogen and oxygen atoms in total. The molecule has 35 heavy (non-hydrogen) atoms. The second kappa shape index (κ2) is 9.90. The third kappa shape index (κ3) is 4.74. The molecule has 0 unspecified atom stereocenters. The minimum absolute atomic E-state index is 0.185. The molecule has 0 atom stereocenters. The lowest BCUT2D eigenvalue weighted by Crippen LogP contribution is -2.49. The summed E-state index contributed by atoms with van der Waals surface area (Å²) in [6.45, 7) is 1.93. The molecule has 0 saturated carbocycles. The van der Waals surface area contributed by atoms with Gasteiger partial charge in [0, 0.05) is 31.7 Å². The second-order valence-electron chi connectivity index (χ2n) is 8.14. The number of anilines is 1. The molecule has 0 spiro atoms. The van der Waals surface area contributed by atoms with E-state index in [0.29, 0.717) is 69.6 Å². The number of amides is 1. The van der Waals surface area contributed by atoms with E-state index in [1.807, 2.05) is 29.2 Å². The van der Waals surface area contributed by atoms with Crippen molar-refractivity contribution in [3.63, 3.8) is 0 Å². The van der Waals surface area contributed by atoms with Gasteiger partial charge in [-0.3, -0.25) is 4.79 Å². The second-order valence-corrected chi connectivity index (χ2v) is 9.36. The fraction of sp³-hybridized carbons (Fsp3) is 0.154. The van der Waals surface area contributed by atoms with Gasteiger partial charge >= 0.3 is 0 Å². The maximum atomic E-state index is 14.2. The van der Waals surface area contributed by atoms with Gasteiger partial charge in [-0.1, -0.05) is 65.1 Å². The van der Waals surface area contributed by atoms with E-state index in [1.165, 1.54) is 6.07 Å². The van der Waals surface area contributed by atoms with Gasteiger partial charge in [0.05, 0.1) is 32.1 Å². The van der Waals surface area contributed by atoms with Crippen LogP contribution in [-0.2, 0) is 0 Å². The van der Waals surface area contributed by atoms with Crippen LogP contribution in [0.25, 0.3) is 16.9 Å². The average Bonchev–Trinajstić information content (AvgIpc) is 3.31. The monoisotopic (exact) mass is 528 g/mol. The molecule has 5 rings (SSSR count). The molecule has 1 aliphatic rings. The van der Waals surface area contributed by atoms with E-state index in [-0.39, 0.29) is 11.7 Å². The molecular weight excluding hydrogens is 510 g/mol. The molecule has 1 amide bonds. The molecule has 178 valence electrons. The Bertz CT molecular complexity index is 1400. The Morgan fingerprint density at radius 2 is 1.51 bits per heavy atom. The Kier molecular flexibility index (Phi) is 6.69. The van der Waals surface area contributed by atoms with Crippen molar-refractivity contribution in [3.05, 3.63) is 99.4 Å². The van der Waals surface area contributed by atoms with Gasteiger partial charge in [0.2, 0.25) is 0 Å². The fourth-order valence-corrected chi connectivity index (χ4v) is 4.69. The lowest BCUT2D eigenvalue weighted by molar-refractivity contribution is 0.0737. The van der Waals surface area contributed by atoms with Crippen LogP contribution in [0.15, 0.2) is 72.8 Å². The molecule has 9 heteroatoms. The van der Waals surface area contributed by atoms with E-state index < -0.39 is 0 Å². The van der Waals surface area contributed by atoms with Gasteiger partial charge < -0.3 is 9.80 Å². The summed E-state index contributed by atoms with van der Waals surface area (Å²) < 4.78 is 15.8. The van der Waals surface area contributed by atoms with Crippen molar-refractivity contribution < 1.29 is 9.18 Å². The van der Waals surface area contributed by atoms with Gasteiger partial charge in [-0.2, -0.15) is 5.10 Å². The van der Waals surface area contributed by atoms with Gasteiger partial charge in [-0.15, -0.1) is 0 Å². The zero-order chi connectivity index (χ0) is 24.5. The van der Waals surface area contributed by atoms with Crippen LogP contribution in [-0.4, -0.2) is 46.8 Å². The molecule has 3 aromatic carbocycles. The standard InChI is InChI=1S/C26H20Cl3FN4O/c27-19-6-2-1-5-18(19)23-16-25(34(31-23)17-9-10-20(28)21(29)15-17)26(35)33-13-11-32(12-14-33)24-8-4-3-7-22(24)30/h1-10,15-16H,11-14H2. The summed E-state index contributed by atoms with van der Waals surface area (Å²) in [7, 11) is 0. The molecule has 1 aliphatic heterocycles. The summed E-state index contributed by atoms with van der Waals surface area (Å²) >= 11 is 18.8. The molecule has 1 saturated heterocycles. The van der Waals surface area contributed by atoms with Crippen LogP contribution in [0.4, 0.5) is 10.1 Å². The Morgan fingerprint density at radius 3 is 2.23 bits per heavy atom. The van der Waals surface area contributed by atoms with E-state index in [2.05, 4.69) is 0 Å². The van der Waals surface area contributed by atoms with E-state index in [1.54, 1.807) is 52.0 Å². The lowest BCUT2D eigenvalue weighted by atomic mass is 10.1. The number of halogens is 4. The van der Waals surface area contributed by atoms with Crippen molar-refractivity contribution >= 4 is 46.4 Å². The number of hydrogen-bond acceptors (Lipinski definition) is 3. The first kappa shape index (κ1) is 23.7. The predicted octanol–water partition coefficient (Wildman–Crippen LogP) is 6.60. The summed E-state index contributed by atoms with van der Waals surface area (Å²) in [5.41, 5.74) is 2.80. The number of para-hydroxylation sites is 1. The summed E-state index contributed by atoms with van der Waals surface area (Å²) in [4.78, 5) is 17.4. The fourth-order valence-electron chi connectivity index (χ4n) is 4.17. The normalized spacial score (nSPS) is 13.8. The molecule has 1 fully saturated rings. The maximum absolute atomic E-state index is 14.2. The van der Waals surface area contributed by atoms with Crippen molar-refractivity contribution in [3.8, 4) is 16.9 Å². The number of carbonyl (C=O) groups is 1. The van der Waals surface area contributed by atoms with Gasteiger partial charge in [0.25, 0.3) is 5.91 Å². The number of carbonyl (C=O) groups excluding carboxylic acids is 1. The summed E-state index contributed by atoms with van der Waals surface area (Å²) in [6, 6.07) is 20.8. The predicted molar refractivity (Wildman–Crippen MR) is 139 cm³/mol. The molecule has 0 bridgehead atoms. The van der Waals surface area contributed by atoms with Crippen molar-refractivity contribution in [2.24, 2.45) is 0 Å². The van der Waals surface area contributed by atoms with E-state index >= 15 is 0 Å². The van der Waals surface area contributed by atoms with Crippen LogP contribution in [0.3, 0.4) is 0 Å². The highest BCUT2D eigenvalue weighted by Gasteiger charge is 2.27. The highest BCUT2D eigenvalue weighted by Crippen LogP contribution is 2.31. The van der Waals surface area contributed by atoms with Crippen LogP contribution >= 0.6 is 34.8 Å². The van der Waals surface area contributed by atoms with E-state index in [0.717, 1.165) is 0 Å². The largest absolute Gasteiger partial charge is 0.366 e. The van der Waals surface area contributed by atoms with Crippen molar-refractivity contribution in [1.82, 2.24) is 14.7 Å². The van der Waals surface area contributed by atoms with Gasteiger partial charge in [0.1, 0.15) is 11.5 Å². The average molecular weight is 530 g/mol.